The van der Waals surface area contributed by atoms with Crippen molar-refractivity contribution in [1.29, 1.82) is 0 Å². The number of fused-ring (bicyclic) bond motifs is 1. The Hall–Kier alpha value is -1.81. The summed E-state index contributed by atoms with van der Waals surface area (Å²) in [7, 11) is 0. The van der Waals surface area contributed by atoms with Crippen molar-refractivity contribution < 1.29 is 4.79 Å². The predicted molar refractivity (Wildman–Crippen MR) is 76.3 cm³/mol. The van der Waals surface area contributed by atoms with Gasteiger partial charge >= 0.3 is 0 Å². The van der Waals surface area contributed by atoms with Gasteiger partial charge in [0.2, 0.25) is 0 Å². The summed E-state index contributed by atoms with van der Waals surface area (Å²) in [6.45, 7) is 2.04. The minimum atomic E-state index is 0.0318. The zero-order valence-corrected chi connectivity index (χ0v) is 10.9. The first-order valence-corrected chi connectivity index (χ1v) is 6.92. The molecule has 3 rings (SSSR count). The largest absolute Gasteiger partial charge is 0.360 e. The van der Waals surface area contributed by atoms with Gasteiger partial charge in [0.1, 0.15) is 0 Å². The van der Waals surface area contributed by atoms with Crippen molar-refractivity contribution >= 4 is 16.8 Å². The van der Waals surface area contributed by atoms with Crippen molar-refractivity contribution in [2.24, 2.45) is 0 Å². The lowest BCUT2D eigenvalue weighted by molar-refractivity contribution is 0.0936. The zero-order chi connectivity index (χ0) is 13.1. The number of aromatic nitrogens is 1. The smallest absolute Gasteiger partial charge is 0.253 e. The van der Waals surface area contributed by atoms with Crippen molar-refractivity contribution in [3.63, 3.8) is 0 Å². The van der Waals surface area contributed by atoms with E-state index in [1.54, 1.807) is 6.20 Å². The summed E-state index contributed by atoms with van der Waals surface area (Å²) in [5.41, 5.74) is 1.75. The lowest BCUT2D eigenvalue weighted by Gasteiger charge is -2.15. The minimum Gasteiger partial charge on any atom is -0.360 e. The van der Waals surface area contributed by atoms with E-state index in [1.807, 2.05) is 24.3 Å². The third kappa shape index (κ3) is 2.63. The Morgan fingerprint density at radius 2 is 2.11 bits per heavy atom. The van der Waals surface area contributed by atoms with Crippen molar-refractivity contribution in [1.82, 2.24) is 15.6 Å². The van der Waals surface area contributed by atoms with E-state index in [-0.39, 0.29) is 11.9 Å². The van der Waals surface area contributed by atoms with Crippen LogP contribution in [-0.4, -0.2) is 30.0 Å². The van der Waals surface area contributed by atoms with E-state index in [0.29, 0.717) is 0 Å². The molecule has 19 heavy (non-hydrogen) atoms. The van der Waals surface area contributed by atoms with Crippen LogP contribution < -0.4 is 10.6 Å². The quantitative estimate of drug-likeness (QED) is 0.771. The maximum absolute atomic E-state index is 12.3. The van der Waals surface area contributed by atoms with E-state index in [4.69, 9.17) is 0 Å². The standard InChI is InChI=1S/C15H19N3O/c19-15(18-11-4-3-8-16-9-7-11)13-10-17-14-6-2-1-5-12(13)14/h1-2,5-6,10-11,16-17H,3-4,7-9H2,(H,18,19). The molecule has 0 saturated carbocycles. The van der Waals surface area contributed by atoms with E-state index in [1.165, 1.54) is 0 Å². The van der Waals surface area contributed by atoms with Crippen molar-refractivity contribution in [3.8, 4) is 0 Å². The van der Waals surface area contributed by atoms with E-state index in [0.717, 1.165) is 48.8 Å². The van der Waals surface area contributed by atoms with Gasteiger partial charge in [-0.15, -0.1) is 0 Å². The molecule has 1 saturated heterocycles. The monoisotopic (exact) mass is 257 g/mol. The highest BCUT2D eigenvalue weighted by atomic mass is 16.1. The highest BCUT2D eigenvalue weighted by Gasteiger charge is 2.17. The van der Waals surface area contributed by atoms with Gasteiger partial charge in [0, 0.05) is 23.1 Å². The molecule has 1 fully saturated rings. The van der Waals surface area contributed by atoms with Gasteiger partial charge in [-0.1, -0.05) is 18.2 Å². The number of benzene rings is 1. The van der Waals surface area contributed by atoms with Gasteiger partial charge in [-0.3, -0.25) is 4.79 Å². The Kier molecular flexibility index (Phi) is 3.51. The Bertz CT molecular complexity index is 568. The lowest BCUT2D eigenvalue weighted by Crippen LogP contribution is -2.35. The topological polar surface area (TPSA) is 56.9 Å². The van der Waals surface area contributed by atoms with Crippen molar-refractivity contribution in [2.75, 3.05) is 13.1 Å². The van der Waals surface area contributed by atoms with Crippen LogP contribution in [0.25, 0.3) is 10.9 Å². The summed E-state index contributed by atoms with van der Waals surface area (Å²) in [6, 6.07) is 8.19. The van der Waals surface area contributed by atoms with Gasteiger partial charge in [-0.05, 0) is 38.4 Å². The van der Waals surface area contributed by atoms with Gasteiger partial charge in [0.25, 0.3) is 5.91 Å². The average molecular weight is 257 g/mol. The molecule has 3 N–H and O–H groups in total. The average Bonchev–Trinajstić information content (AvgIpc) is 2.70. The first kappa shape index (κ1) is 12.2. The van der Waals surface area contributed by atoms with Crippen LogP contribution in [0.15, 0.2) is 30.5 Å². The third-order valence-corrected chi connectivity index (χ3v) is 3.74. The van der Waals surface area contributed by atoms with Crippen LogP contribution in [0.3, 0.4) is 0 Å². The van der Waals surface area contributed by atoms with E-state index in [2.05, 4.69) is 15.6 Å². The summed E-state index contributed by atoms with van der Waals surface area (Å²) >= 11 is 0. The maximum atomic E-state index is 12.3. The molecule has 4 nitrogen and oxygen atoms in total. The maximum Gasteiger partial charge on any atom is 0.253 e. The predicted octanol–water partition coefficient (Wildman–Crippen LogP) is 2.04. The van der Waals surface area contributed by atoms with Crippen LogP contribution in [0.4, 0.5) is 0 Å². The summed E-state index contributed by atoms with van der Waals surface area (Å²) < 4.78 is 0. The molecule has 1 aromatic heterocycles. The van der Waals surface area contributed by atoms with Gasteiger partial charge in [-0.2, -0.15) is 0 Å². The van der Waals surface area contributed by atoms with Gasteiger partial charge in [0.05, 0.1) is 5.56 Å². The number of aromatic amines is 1. The Balaban J connectivity index is 1.76. The summed E-state index contributed by atoms with van der Waals surface area (Å²) in [5.74, 6) is 0.0318. The SMILES string of the molecule is O=C(NC1CCCNCC1)c1c[nH]c2ccccc12. The van der Waals surface area contributed by atoms with E-state index < -0.39 is 0 Å². The summed E-state index contributed by atoms with van der Waals surface area (Å²) in [4.78, 5) is 15.5. The molecular formula is C15H19N3O. The summed E-state index contributed by atoms with van der Waals surface area (Å²) in [5, 5.41) is 7.50. The molecule has 2 aromatic rings. The Morgan fingerprint density at radius 3 is 3.05 bits per heavy atom. The molecule has 1 aromatic carbocycles. The molecular weight excluding hydrogens is 238 g/mol. The second kappa shape index (κ2) is 5.45. The van der Waals surface area contributed by atoms with Crippen molar-refractivity contribution in [2.45, 2.75) is 25.3 Å². The normalized spacial score (nSPS) is 20.1. The number of hydrogen-bond donors (Lipinski definition) is 3. The van der Waals surface area contributed by atoms with E-state index in [9.17, 15) is 4.79 Å². The van der Waals surface area contributed by atoms with Gasteiger partial charge in [0.15, 0.2) is 0 Å². The fraction of sp³-hybridized carbons (Fsp3) is 0.400. The molecule has 4 heteroatoms. The van der Waals surface area contributed by atoms with Gasteiger partial charge < -0.3 is 15.6 Å². The van der Waals surface area contributed by atoms with Crippen LogP contribution in [0.2, 0.25) is 0 Å². The van der Waals surface area contributed by atoms with Crippen molar-refractivity contribution in [3.05, 3.63) is 36.0 Å². The first-order valence-electron chi connectivity index (χ1n) is 6.92. The van der Waals surface area contributed by atoms with Crippen LogP contribution >= 0.6 is 0 Å². The highest BCUT2D eigenvalue weighted by Crippen LogP contribution is 2.18. The third-order valence-electron chi connectivity index (χ3n) is 3.74. The molecule has 1 aliphatic heterocycles. The zero-order valence-electron chi connectivity index (χ0n) is 10.9. The van der Waals surface area contributed by atoms with Crippen LogP contribution in [-0.2, 0) is 0 Å². The molecule has 2 heterocycles. The minimum absolute atomic E-state index is 0.0318. The van der Waals surface area contributed by atoms with Crippen LogP contribution in [0, 0.1) is 0 Å². The van der Waals surface area contributed by atoms with Crippen LogP contribution in [0.1, 0.15) is 29.6 Å². The molecule has 0 radical (unpaired) electrons. The molecule has 1 aliphatic rings. The molecule has 0 aliphatic carbocycles. The second-order valence-corrected chi connectivity index (χ2v) is 5.10. The fourth-order valence-corrected chi connectivity index (χ4v) is 2.69. The molecule has 0 spiro atoms. The fourth-order valence-electron chi connectivity index (χ4n) is 2.69. The molecule has 1 amide bonds. The summed E-state index contributed by atoms with van der Waals surface area (Å²) in [6.07, 6.45) is 4.99. The van der Waals surface area contributed by atoms with E-state index >= 15 is 0 Å². The lowest BCUT2D eigenvalue weighted by atomic mass is 10.1. The number of rotatable bonds is 2. The number of carbonyl (C=O) groups is 1. The molecule has 100 valence electrons. The van der Waals surface area contributed by atoms with Gasteiger partial charge in [-0.25, -0.2) is 0 Å². The number of hydrogen-bond acceptors (Lipinski definition) is 2. The number of nitrogens with one attached hydrogen (secondary N) is 3. The van der Waals surface area contributed by atoms with Crippen LogP contribution in [0.5, 0.6) is 0 Å². The molecule has 1 unspecified atom stereocenters. The number of amides is 1. The molecule has 0 bridgehead atoms. The highest BCUT2D eigenvalue weighted by molar-refractivity contribution is 6.06. The second-order valence-electron chi connectivity index (χ2n) is 5.10. The number of para-hydroxylation sites is 1. The number of carbonyl (C=O) groups excluding carboxylic acids is 1. The first-order chi connectivity index (χ1) is 9.34. The molecule has 1 atom stereocenters. The Morgan fingerprint density at radius 1 is 1.21 bits per heavy atom. The Labute approximate surface area is 112 Å². The number of H-pyrrole nitrogens is 1.